The molecule has 0 unspecified atom stereocenters. The van der Waals surface area contributed by atoms with E-state index in [0.29, 0.717) is 0 Å². The molecule has 0 N–H and O–H groups in total. The van der Waals surface area contributed by atoms with E-state index in [0.717, 1.165) is 0 Å². The average molecular weight is 318 g/mol. The fourth-order valence-electron chi connectivity index (χ4n) is 0. The zero-order valence-corrected chi connectivity index (χ0v) is 8.77. The van der Waals surface area contributed by atoms with E-state index in [-0.39, 0.29) is 88.3 Å². The van der Waals surface area contributed by atoms with Crippen LogP contribution in [-0.2, 0) is 19.8 Å². The molecule has 0 saturated carbocycles. The summed E-state index contributed by atoms with van der Waals surface area (Å²) in [6.07, 6.45) is 0. The summed E-state index contributed by atoms with van der Waals surface area (Å²) in [4.78, 5) is 0. The third-order valence-corrected chi connectivity index (χ3v) is 0. The Hall–Kier alpha value is 3.12. The first kappa shape index (κ1) is 15.7. The Kier molecular flexibility index (Phi) is 64.7. The van der Waals surface area contributed by atoms with Crippen LogP contribution in [0.25, 0.3) is 0 Å². The number of rotatable bonds is 0. The van der Waals surface area contributed by atoms with Crippen molar-refractivity contribution >= 4 is 45.5 Å². The molecular weight excluding hydrogens is 316 g/mol. The van der Waals surface area contributed by atoms with Crippen LogP contribution in [0.4, 0.5) is 0 Å². The topological polar surface area (TPSA) is 17.1 Å². The fourth-order valence-corrected chi connectivity index (χ4v) is 0. The van der Waals surface area contributed by atoms with Crippen molar-refractivity contribution in [2.45, 2.75) is 0 Å². The van der Waals surface area contributed by atoms with Crippen LogP contribution in [0.3, 0.4) is 0 Å². The maximum Gasteiger partial charge on any atom is 2.00 e. The maximum atomic E-state index is 8.06. The van der Waals surface area contributed by atoms with Crippen molar-refractivity contribution < 1.29 is 62.6 Å². The first-order valence-electron chi connectivity index (χ1n) is 0.154. The molecule has 0 rings (SSSR count). The van der Waals surface area contributed by atoms with E-state index < -0.39 is 0 Å². The van der Waals surface area contributed by atoms with Crippen LogP contribution in [0.2, 0.25) is 0 Å². The summed E-state index contributed by atoms with van der Waals surface area (Å²) in [7, 11) is 0. The van der Waals surface area contributed by atoms with Crippen molar-refractivity contribution in [2.24, 2.45) is 0 Å². The van der Waals surface area contributed by atoms with Crippen LogP contribution >= 0.6 is 0 Å². The first-order valence-corrected chi connectivity index (χ1v) is 0.636. The third-order valence-electron chi connectivity index (χ3n) is 0. The second kappa shape index (κ2) is 16.5. The summed E-state index contributed by atoms with van der Waals surface area (Å²) in [6, 6.07) is 0. The van der Waals surface area contributed by atoms with Gasteiger partial charge in [-0.2, -0.15) is 0 Å². The minimum atomic E-state index is 0. The van der Waals surface area contributed by atoms with Gasteiger partial charge in [0.2, 0.25) is 0 Å². The van der Waals surface area contributed by atoms with Crippen molar-refractivity contribution in [1.29, 1.82) is 0 Å². The second-order valence-electron chi connectivity index (χ2n) is 0. The molecule has 0 fully saturated rings. The van der Waals surface area contributed by atoms with Crippen LogP contribution in [-0.4, -0.2) is 45.5 Å². The molecule has 0 spiro atoms. The van der Waals surface area contributed by atoms with Crippen molar-refractivity contribution in [3.05, 3.63) is 0 Å². The van der Waals surface area contributed by atoms with Gasteiger partial charge in [0.1, 0.15) is 0 Å². The zero-order valence-electron chi connectivity index (χ0n) is 3.85. The van der Waals surface area contributed by atoms with Gasteiger partial charge in [0, 0.05) is 39.9 Å². The molecule has 0 aliphatic rings. The number of hydrogen-bond donors (Lipinski definition) is 0. The van der Waals surface area contributed by atoms with Crippen LogP contribution in [0.5, 0.6) is 0 Å². The van der Waals surface area contributed by atoms with Gasteiger partial charge in [0.05, 0.1) is 0 Å². The molecule has 0 aromatic heterocycles. The molecular formula is H2GdMnOSr. The molecule has 25 valence electrons. The van der Waals surface area contributed by atoms with E-state index in [9.17, 15) is 0 Å². The predicted molar refractivity (Wildman–Crippen MR) is 8.66 cm³/mol. The SMILES string of the molecule is [Gd].[H-].[H-].[O]=[Mn].[Sr+2]. The van der Waals surface area contributed by atoms with Gasteiger partial charge < -0.3 is 2.85 Å². The Morgan fingerprint density at radius 3 is 1.50 bits per heavy atom. The second-order valence-corrected chi connectivity index (χ2v) is 0. The summed E-state index contributed by atoms with van der Waals surface area (Å²) in [6.45, 7) is 0. The van der Waals surface area contributed by atoms with E-state index in [2.05, 4.69) is 0 Å². The Labute approximate surface area is 105 Å². The molecule has 4 heteroatoms. The average Bonchev–Trinajstić information content (AvgIpc) is 1.00. The monoisotopic (exact) mass is 319 g/mol. The molecule has 0 radical (unpaired) electrons. The van der Waals surface area contributed by atoms with Crippen molar-refractivity contribution in [1.82, 2.24) is 0 Å². The fraction of sp³-hybridized carbons (Fsp3) is 0. The van der Waals surface area contributed by atoms with Gasteiger partial charge in [-0.1, -0.05) is 0 Å². The van der Waals surface area contributed by atoms with E-state index in [1.165, 1.54) is 0 Å². The summed E-state index contributed by atoms with van der Waals surface area (Å²) < 4.78 is 8.06. The van der Waals surface area contributed by atoms with E-state index in [1.807, 2.05) is 0 Å². The predicted octanol–water partition coefficient (Wildman–Crippen LogP) is -0.277. The van der Waals surface area contributed by atoms with Crippen molar-refractivity contribution in [3.8, 4) is 0 Å². The largest absolute Gasteiger partial charge is 2.00 e. The molecule has 0 heterocycles. The van der Waals surface area contributed by atoms with Gasteiger partial charge in [-0.3, -0.25) is 0 Å². The summed E-state index contributed by atoms with van der Waals surface area (Å²) in [5, 5.41) is 0. The molecule has 0 saturated heterocycles. The third kappa shape index (κ3) is 8.93. The molecule has 0 aliphatic heterocycles. The Balaban J connectivity index is -0.000000000833. The Morgan fingerprint density at radius 2 is 1.50 bits per heavy atom. The van der Waals surface area contributed by atoms with E-state index in [1.54, 1.807) is 15.9 Å². The minimum Gasteiger partial charge on any atom is 2.00 e. The van der Waals surface area contributed by atoms with Crippen LogP contribution in [0, 0.1) is 39.9 Å². The molecule has 4 heavy (non-hydrogen) atoms. The van der Waals surface area contributed by atoms with Crippen molar-refractivity contribution in [3.63, 3.8) is 0 Å². The van der Waals surface area contributed by atoms with Gasteiger partial charge in [0.25, 0.3) is 0 Å². The van der Waals surface area contributed by atoms with Gasteiger partial charge in [0.15, 0.2) is 0 Å². The molecule has 0 atom stereocenters. The van der Waals surface area contributed by atoms with Crippen LogP contribution < -0.4 is 0 Å². The quantitative estimate of drug-likeness (QED) is 0.562. The summed E-state index contributed by atoms with van der Waals surface area (Å²) in [5.74, 6) is 0. The molecule has 0 aromatic carbocycles. The molecule has 0 aromatic rings. The van der Waals surface area contributed by atoms with Gasteiger partial charge in [-0.05, 0) is 0 Å². The van der Waals surface area contributed by atoms with E-state index >= 15 is 0 Å². The Bertz CT molecular complexity index is 13.5. The smallest absolute Gasteiger partial charge is 2.00 e. The molecule has 0 amide bonds. The minimum absolute atomic E-state index is 0. The Morgan fingerprint density at radius 1 is 1.50 bits per heavy atom. The molecule has 0 bridgehead atoms. The van der Waals surface area contributed by atoms with Gasteiger partial charge >= 0.3 is 65.3 Å². The van der Waals surface area contributed by atoms with Crippen LogP contribution in [0.1, 0.15) is 2.85 Å². The first-order chi connectivity index (χ1) is 1.00. The normalized spacial score (nSPS) is 1.00. The maximum absolute atomic E-state index is 8.06. The van der Waals surface area contributed by atoms with Gasteiger partial charge in [-0.15, -0.1) is 0 Å². The van der Waals surface area contributed by atoms with E-state index in [4.69, 9.17) is 3.83 Å². The summed E-state index contributed by atoms with van der Waals surface area (Å²) >= 11 is 1.69. The van der Waals surface area contributed by atoms with Gasteiger partial charge in [-0.25, -0.2) is 0 Å². The summed E-state index contributed by atoms with van der Waals surface area (Å²) in [5.41, 5.74) is 0. The number of hydrogen-bond acceptors (Lipinski definition) is 1. The standard InChI is InChI=1S/Gd.Mn.O.Sr.2H/q;;;+2;2*-1. The molecule has 0 aliphatic carbocycles. The molecule has 1 nitrogen and oxygen atoms in total. The van der Waals surface area contributed by atoms with Crippen molar-refractivity contribution in [2.75, 3.05) is 0 Å². The van der Waals surface area contributed by atoms with Crippen LogP contribution in [0.15, 0.2) is 0 Å². The zero-order chi connectivity index (χ0) is 2.00.